The molecule has 0 aliphatic carbocycles. The minimum absolute atomic E-state index is 0.0711. The van der Waals surface area contributed by atoms with Crippen molar-refractivity contribution in [3.8, 4) is 5.75 Å². The first kappa shape index (κ1) is 17.7. The Morgan fingerprint density at radius 1 is 1.12 bits per heavy atom. The van der Waals surface area contributed by atoms with Gasteiger partial charge in [-0.25, -0.2) is 5.10 Å². The van der Waals surface area contributed by atoms with E-state index in [1.807, 2.05) is 19.9 Å². The highest BCUT2D eigenvalue weighted by molar-refractivity contribution is 6.07. The van der Waals surface area contributed by atoms with Gasteiger partial charge >= 0.3 is 0 Å². The maximum atomic E-state index is 12.7. The van der Waals surface area contributed by atoms with Gasteiger partial charge in [0.1, 0.15) is 5.75 Å². The molecule has 2 N–H and O–H groups in total. The van der Waals surface area contributed by atoms with Gasteiger partial charge in [-0.2, -0.15) is 5.10 Å². The van der Waals surface area contributed by atoms with E-state index in [4.69, 9.17) is 4.74 Å². The highest BCUT2D eigenvalue weighted by Gasteiger charge is 2.16. The molecule has 0 fully saturated rings. The molecule has 6 nitrogen and oxygen atoms in total. The Kier molecular flexibility index (Phi) is 5.31. The summed E-state index contributed by atoms with van der Waals surface area (Å²) in [5.74, 6) is 0.603. The van der Waals surface area contributed by atoms with Crippen molar-refractivity contribution in [3.05, 3.63) is 81.5 Å². The zero-order chi connectivity index (χ0) is 18.5. The molecule has 1 unspecified atom stereocenters. The topological polar surface area (TPSA) is 87.8 Å². The van der Waals surface area contributed by atoms with Crippen LogP contribution in [0.1, 0.15) is 53.6 Å². The van der Waals surface area contributed by atoms with E-state index in [-0.39, 0.29) is 17.3 Å². The summed E-state index contributed by atoms with van der Waals surface area (Å²) in [6.07, 6.45) is 0.939. The Morgan fingerprint density at radius 3 is 2.54 bits per heavy atom. The number of nitrogens with one attached hydrogen (secondary N) is 2. The maximum absolute atomic E-state index is 12.7. The third-order valence-corrected chi connectivity index (χ3v) is 4.15. The van der Waals surface area contributed by atoms with Crippen LogP contribution in [-0.2, 0) is 0 Å². The van der Waals surface area contributed by atoms with Gasteiger partial charge in [0.05, 0.1) is 18.0 Å². The quantitative estimate of drug-likeness (QED) is 0.640. The maximum Gasteiger partial charge on any atom is 0.264 e. The summed E-state index contributed by atoms with van der Waals surface area (Å²) in [6, 6.07) is 13.9. The molecule has 0 aliphatic heterocycles. The van der Waals surface area contributed by atoms with Crippen LogP contribution in [0.25, 0.3) is 0 Å². The number of ether oxygens (including phenoxy) is 1. The summed E-state index contributed by atoms with van der Waals surface area (Å²) in [5, 5.41) is 6.47. The molecule has 26 heavy (non-hydrogen) atoms. The van der Waals surface area contributed by atoms with Crippen molar-refractivity contribution < 1.29 is 9.53 Å². The first-order chi connectivity index (χ1) is 12.6. The number of hydrogen-bond acceptors (Lipinski definition) is 4. The first-order valence-electron chi connectivity index (χ1n) is 8.60. The summed E-state index contributed by atoms with van der Waals surface area (Å²) < 4.78 is 5.54. The number of aromatic amines is 2. The van der Waals surface area contributed by atoms with Crippen LogP contribution >= 0.6 is 0 Å². The Balaban J connectivity index is 1.75. The van der Waals surface area contributed by atoms with Gasteiger partial charge < -0.3 is 9.72 Å². The molecule has 134 valence electrons. The van der Waals surface area contributed by atoms with Crippen LogP contribution in [0, 0.1) is 0 Å². The van der Waals surface area contributed by atoms with Crippen LogP contribution in [0.3, 0.4) is 0 Å². The summed E-state index contributed by atoms with van der Waals surface area (Å²) >= 11 is 0. The van der Waals surface area contributed by atoms with Crippen molar-refractivity contribution in [3.63, 3.8) is 0 Å². The fourth-order valence-corrected chi connectivity index (χ4v) is 2.63. The molecule has 0 aliphatic rings. The fourth-order valence-electron chi connectivity index (χ4n) is 2.63. The highest BCUT2D eigenvalue weighted by atomic mass is 16.5. The van der Waals surface area contributed by atoms with Crippen molar-refractivity contribution in [1.82, 2.24) is 15.2 Å². The highest BCUT2D eigenvalue weighted by Crippen LogP contribution is 2.22. The predicted octanol–water partition coefficient (Wildman–Crippen LogP) is 3.27. The molecule has 0 spiro atoms. The van der Waals surface area contributed by atoms with Gasteiger partial charge in [0.15, 0.2) is 0 Å². The summed E-state index contributed by atoms with van der Waals surface area (Å²) in [6.45, 7) is 4.66. The third-order valence-electron chi connectivity index (χ3n) is 4.15. The lowest BCUT2D eigenvalue weighted by Crippen LogP contribution is -2.10. The largest absolute Gasteiger partial charge is 0.494 e. The zero-order valence-electron chi connectivity index (χ0n) is 14.8. The molecule has 1 aromatic carbocycles. The van der Waals surface area contributed by atoms with Crippen LogP contribution in [0.5, 0.6) is 5.75 Å². The summed E-state index contributed by atoms with van der Waals surface area (Å²) in [5.41, 5.74) is 2.45. The van der Waals surface area contributed by atoms with Crippen LogP contribution in [-0.4, -0.2) is 27.6 Å². The van der Waals surface area contributed by atoms with Gasteiger partial charge in [-0.05, 0) is 48.9 Å². The minimum Gasteiger partial charge on any atom is -0.494 e. The second-order valence-corrected chi connectivity index (χ2v) is 6.10. The number of hydrogen-bond donors (Lipinski definition) is 2. The van der Waals surface area contributed by atoms with Gasteiger partial charge in [0.2, 0.25) is 5.78 Å². The Morgan fingerprint density at radius 2 is 1.88 bits per heavy atom. The van der Waals surface area contributed by atoms with E-state index in [1.165, 1.54) is 6.07 Å². The average Bonchev–Trinajstić information content (AvgIpc) is 3.16. The minimum atomic E-state index is -0.241. The van der Waals surface area contributed by atoms with Gasteiger partial charge in [0.25, 0.3) is 5.56 Å². The average molecular weight is 351 g/mol. The number of aromatic nitrogens is 3. The molecule has 2 aromatic heterocycles. The van der Waals surface area contributed by atoms with E-state index in [2.05, 4.69) is 15.2 Å². The van der Waals surface area contributed by atoms with E-state index >= 15 is 0 Å². The van der Waals surface area contributed by atoms with Crippen LogP contribution in [0.2, 0.25) is 0 Å². The molecule has 6 heteroatoms. The normalized spacial score (nSPS) is 11.9. The fraction of sp³-hybridized carbons (Fsp3) is 0.250. The SMILES string of the molecule is CCCOc1ccc(C(=O)c2ccc(C(C)c3ccc(=O)[nH]n3)[nH]2)cc1. The predicted molar refractivity (Wildman–Crippen MR) is 98.8 cm³/mol. The zero-order valence-corrected chi connectivity index (χ0v) is 14.8. The lowest BCUT2D eigenvalue weighted by molar-refractivity contribution is 0.103. The van der Waals surface area contributed by atoms with Crippen molar-refractivity contribution in [2.24, 2.45) is 0 Å². The van der Waals surface area contributed by atoms with Crippen molar-refractivity contribution in [2.75, 3.05) is 6.61 Å². The third kappa shape index (κ3) is 3.91. The van der Waals surface area contributed by atoms with E-state index in [9.17, 15) is 9.59 Å². The molecule has 2 heterocycles. The number of nitrogens with zero attached hydrogens (tertiary/aromatic N) is 1. The molecule has 3 aromatic rings. The van der Waals surface area contributed by atoms with Gasteiger partial charge in [0, 0.05) is 23.2 Å². The van der Waals surface area contributed by atoms with Gasteiger partial charge in [-0.15, -0.1) is 0 Å². The molecule has 0 saturated carbocycles. The second-order valence-electron chi connectivity index (χ2n) is 6.10. The van der Waals surface area contributed by atoms with Crippen molar-refractivity contribution >= 4 is 5.78 Å². The van der Waals surface area contributed by atoms with Crippen LogP contribution < -0.4 is 10.3 Å². The number of ketones is 1. The first-order valence-corrected chi connectivity index (χ1v) is 8.60. The number of benzene rings is 1. The number of H-pyrrole nitrogens is 2. The standard InChI is InChI=1S/C20H21N3O3/c1-3-12-26-15-6-4-14(5-7-15)20(25)18-9-8-16(21-18)13(2)17-10-11-19(24)23-22-17/h4-11,13,21H,3,12H2,1-2H3,(H,23,24). The van der Waals surface area contributed by atoms with Crippen molar-refractivity contribution in [1.29, 1.82) is 0 Å². The number of carbonyl (C=O) groups excluding carboxylic acids is 1. The molecular formula is C20H21N3O3. The van der Waals surface area contributed by atoms with E-state index < -0.39 is 0 Å². The molecule has 0 radical (unpaired) electrons. The molecule has 0 amide bonds. The molecule has 0 bridgehead atoms. The van der Waals surface area contributed by atoms with E-state index in [0.717, 1.165) is 23.6 Å². The summed E-state index contributed by atoms with van der Waals surface area (Å²) in [7, 11) is 0. The monoisotopic (exact) mass is 351 g/mol. The molecule has 3 rings (SSSR count). The molecule has 1 atom stereocenters. The number of carbonyl (C=O) groups is 1. The summed E-state index contributed by atoms with van der Waals surface area (Å²) in [4.78, 5) is 26.9. The van der Waals surface area contributed by atoms with Gasteiger partial charge in [-0.1, -0.05) is 13.8 Å². The van der Waals surface area contributed by atoms with Crippen molar-refractivity contribution in [2.45, 2.75) is 26.2 Å². The lowest BCUT2D eigenvalue weighted by Gasteiger charge is -2.08. The van der Waals surface area contributed by atoms with Crippen LogP contribution in [0.15, 0.2) is 53.3 Å². The second kappa shape index (κ2) is 7.82. The van der Waals surface area contributed by atoms with E-state index in [0.29, 0.717) is 17.9 Å². The smallest absolute Gasteiger partial charge is 0.264 e. The molecule has 0 saturated heterocycles. The Hall–Kier alpha value is -3.15. The lowest BCUT2D eigenvalue weighted by atomic mass is 10.0. The van der Waals surface area contributed by atoms with Gasteiger partial charge in [-0.3, -0.25) is 9.59 Å². The Labute approximate surface area is 151 Å². The Bertz CT molecular complexity index is 921. The number of rotatable bonds is 7. The van der Waals surface area contributed by atoms with Crippen LogP contribution in [0.4, 0.5) is 0 Å². The molecular weight excluding hydrogens is 330 g/mol. The van der Waals surface area contributed by atoms with E-state index in [1.54, 1.807) is 36.4 Å².